The molecule has 0 aliphatic carbocycles. The van der Waals surface area contributed by atoms with Crippen molar-refractivity contribution in [3.63, 3.8) is 0 Å². The van der Waals surface area contributed by atoms with Gasteiger partial charge in [0.25, 0.3) is 5.91 Å². The van der Waals surface area contributed by atoms with Crippen molar-refractivity contribution in [2.24, 2.45) is 0 Å². The number of carbonyl (C=O) groups excluding carboxylic acids is 1. The van der Waals surface area contributed by atoms with Gasteiger partial charge in [-0.15, -0.1) is 0 Å². The molecule has 1 atom stereocenters. The Bertz CT molecular complexity index is 814. The van der Waals surface area contributed by atoms with Gasteiger partial charge in [0, 0.05) is 31.0 Å². The number of nitriles is 1. The standard InChI is InChI=1S/C16H13F3N4O/c17-11-7-10-12(8-20)23(16(24)13(10)15(19)14(11)18)5-2-1-4-22-6-3-21-9-22/h3,6-7,9,12H,1-2,4-5H2. The minimum atomic E-state index is -1.69. The third-order valence-corrected chi connectivity index (χ3v) is 4.02. The van der Waals surface area contributed by atoms with E-state index < -0.39 is 35.0 Å². The quantitative estimate of drug-likeness (QED) is 0.624. The van der Waals surface area contributed by atoms with Crippen molar-refractivity contribution < 1.29 is 18.0 Å². The minimum Gasteiger partial charge on any atom is -0.337 e. The van der Waals surface area contributed by atoms with Crippen LogP contribution in [0.25, 0.3) is 0 Å². The van der Waals surface area contributed by atoms with Crippen molar-refractivity contribution in [2.45, 2.75) is 25.4 Å². The summed E-state index contributed by atoms with van der Waals surface area (Å²) in [7, 11) is 0. The van der Waals surface area contributed by atoms with Gasteiger partial charge in [0.2, 0.25) is 0 Å². The van der Waals surface area contributed by atoms with Crippen LogP contribution in [-0.2, 0) is 6.54 Å². The average Bonchev–Trinajstić information content (AvgIpc) is 3.16. The second-order valence-corrected chi connectivity index (χ2v) is 5.49. The van der Waals surface area contributed by atoms with Gasteiger partial charge in [-0.1, -0.05) is 0 Å². The fraction of sp³-hybridized carbons (Fsp3) is 0.312. The number of fused-ring (bicyclic) bond motifs is 1. The molecular weight excluding hydrogens is 321 g/mol. The lowest BCUT2D eigenvalue weighted by Crippen LogP contribution is -2.28. The summed E-state index contributed by atoms with van der Waals surface area (Å²) in [5.74, 6) is -5.41. The van der Waals surface area contributed by atoms with Gasteiger partial charge in [-0.05, 0) is 18.9 Å². The number of hydrogen-bond donors (Lipinski definition) is 0. The van der Waals surface area contributed by atoms with Crippen molar-refractivity contribution in [3.05, 3.63) is 53.4 Å². The van der Waals surface area contributed by atoms with Crippen molar-refractivity contribution in [1.29, 1.82) is 5.26 Å². The van der Waals surface area contributed by atoms with Crippen LogP contribution < -0.4 is 0 Å². The Balaban J connectivity index is 1.74. The average molecular weight is 334 g/mol. The first-order valence-corrected chi connectivity index (χ1v) is 7.38. The summed E-state index contributed by atoms with van der Waals surface area (Å²) in [6.07, 6.45) is 6.38. The predicted octanol–water partition coefficient (Wildman–Crippen LogP) is 2.80. The molecule has 0 saturated heterocycles. The monoisotopic (exact) mass is 334 g/mol. The van der Waals surface area contributed by atoms with E-state index in [1.54, 1.807) is 18.7 Å². The topological polar surface area (TPSA) is 61.9 Å². The maximum atomic E-state index is 13.9. The Labute approximate surface area is 135 Å². The van der Waals surface area contributed by atoms with Gasteiger partial charge in [0.1, 0.15) is 6.04 Å². The van der Waals surface area contributed by atoms with E-state index in [1.165, 1.54) is 0 Å². The lowest BCUT2D eigenvalue weighted by molar-refractivity contribution is 0.0750. The van der Waals surface area contributed by atoms with Gasteiger partial charge in [0.15, 0.2) is 17.5 Å². The summed E-state index contributed by atoms with van der Waals surface area (Å²) in [6, 6.07) is 1.48. The Morgan fingerprint density at radius 2 is 1.96 bits per heavy atom. The van der Waals surface area contributed by atoms with Gasteiger partial charge in [-0.2, -0.15) is 5.26 Å². The van der Waals surface area contributed by atoms with E-state index in [1.807, 2.05) is 10.6 Å². The van der Waals surface area contributed by atoms with Gasteiger partial charge in [0.05, 0.1) is 18.0 Å². The zero-order valence-electron chi connectivity index (χ0n) is 12.5. The normalized spacial score (nSPS) is 16.3. The highest BCUT2D eigenvalue weighted by molar-refractivity contribution is 6.00. The first kappa shape index (κ1) is 16.1. The Morgan fingerprint density at radius 3 is 2.62 bits per heavy atom. The lowest BCUT2D eigenvalue weighted by Gasteiger charge is -2.19. The number of unbranched alkanes of at least 4 members (excludes halogenated alkanes) is 1. The van der Waals surface area contributed by atoms with E-state index in [9.17, 15) is 23.2 Å². The zero-order chi connectivity index (χ0) is 17.3. The lowest BCUT2D eigenvalue weighted by atomic mass is 10.0. The summed E-state index contributed by atoms with van der Waals surface area (Å²) in [5.41, 5.74) is -0.663. The second-order valence-electron chi connectivity index (χ2n) is 5.49. The molecule has 1 aliphatic rings. The van der Waals surface area contributed by atoms with Crippen LogP contribution in [-0.4, -0.2) is 26.9 Å². The number of imidazole rings is 1. The van der Waals surface area contributed by atoms with E-state index in [4.69, 9.17) is 0 Å². The molecule has 2 heterocycles. The Kier molecular flexibility index (Phi) is 4.25. The molecule has 1 amide bonds. The molecule has 24 heavy (non-hydrogen) atoms. The first-order chi connectivity index (χ1) is 11.5. The van der Waals surface area contributed by atoms with Crippen molar-refractivity contribution in [1.82, 2.24) is 14.5 Å². The number of amides is 1. The van der Waals surface area contributed by atoms with Gasteiger partial charge < -0.3 is 9.47 Å². The molecule has 0 spiro atoms. The third-order valence-electron chi connectivity index (χ3n) is 4.02. The number of hydrogen-bond acceptors (Lipinski definition) is 3. The van der Waals surface area contributed by atoms with E-state index in [-0.39, 0.29) is 12.1 Å². The van der Waals surface area contributed by atoms with Crippen LogP contribution in [0, 0.1) is 28.8 Å². The van der Waals surface area contributed by atoms with E-state index >= 15 is 0 Å². The fourth-order valence-electron chi connectivity index (χ4n) is 2.84. The summed E-state index contributed by atoms with van der Waals surface area (Å²) >= 11 is 0. The molecule has 1 unspecified atom stereocenters. The predicted molar refractivity (Wildman–Crippen MR) is 77.2 cm³/mol. The largest absolute Gasteiger partial charge is 0.337 e. The molecule has 3 rings (SSSR count). The number of halogens is 3. The summed E-state index contributed by atoms with van der Waals surface area (Å²) in [4.78, 5) is 17.4. The molecule has 8 heteroatoms. The van der Waals surface area contributed by atoms with Gasteiger partial charge >= 0.3 is 0 Å². The highest BCUT2D eigenvalue weighted by Gasteiger charge is 2.40. The van der Waals surface area contributed by atoms with Crippen molar-refractivity contribution >= 4 is 5.91 Å². The van der Waals surface area contributed by atoms with Crippen LogP contribution in [0.4, 0.5) is 13.2 Å². The van der Waals surface area contributed by atoms with Crippen molar-refractivity contribution in [2.75, 3.05) is 6.54 Å². The van der Waals surface area contributed by atoms with E-state index in [2.05, 4.69) is 4.98 Å². The summed E-state index contributed by atoms with van der Waals surface area (Å²) in [5, 5.41) is 9.26. The van der Waals surface area contributed by atoms with Crippen LogP contribution in [0.3, 0.4) is 0 Å². The number of nitrogens with zero attached hydrogens (tertiary/aromatic N) is 4. The molecule has 1 aliphatic heterocycles. The number of aromatic nitrogens is 2. The fourth-order valence-corrected chi connectivity index (χ4v) is 2.84. The van der Waals surface area contributed by atoms with Crippen LogP contribution in [0.15, 0.2) is 24.8 Å². The van der Waals surface area contributed by atoms with Gasteiger partial charge in [-0.3, -0.25) is 4.79 Å². The number of benzene rings is 1. The molecule has 1 aromatic carbocycles. The van der Waals surface area contributed by atoms with Crippen molar-refractivity contribution in [3.8, 4) is 6.07 Å². The number of carbonyl (C=O) groups is 1. The maximum Gasteiger partial charge on any atom is 0.258 e. The molecule has 0 N–H and O–H groups in total. The highest BCUT2D eigenvalue weighted by Crippen LogP contribution is 2.36. The molecule has 0 saturated carbocycles. The third kappa shape index (κ3) is 2.62. The molecule has 2 aromatic rings. The molecular formula is C16H13F3N4O. The SMILES string of the molecule is N#CC1c2cc(F)c(F)c(F)c2C(=O)N1CCCCn1ccnc1. The Morgan fingerprint density at radius 1 is 1.21 bits per heavy atom. The van der Waals surface area contributed by atoms with Crippen LogP contribution in [0.1, 0.15) is 34.8 Å². The van der Waals surface area contributed by atoms with Crippen LogP contribution >= 0.6 is 0 Å². The second kappa shape index (κ2) is 6.35. The molecule has 0 radical (unpaired) electrons. The van der Waals surface area contributed by atoms with Gasteiger partial charge in [-0.25, -0.2) is 18.2 Å². The summed E-state index contributed by atoms with van der Waals surface area (Å²) in [6.45, 7) is 0.882. The smallest absolute Gasteiger partial charge is 0.258 e. The first-order valence-electron chi connectivity index (χ1n) is 7.38. The molecule has 5 nitrogen and oxygen atoms in total. The zero-order valence-corrected chi connectivity index (χ0v) is 12.5. The molecule has 0 fully saturated rings. The highest BCUT2D eigenvalue weighted by atomic mass is 19.2. The molecule has 124 valence electrons. The number of aryl methyl sites for hydroxylation is 1. The minimum absolute atomic E-state index is 0.117. The number of rotatable bonds is 5. The molecule has 0 bridgehead atoms. The van der Waals surface area contributed by atoms with Crippen LogP contribution in [0.2, 0.25) is 0 Å². The van der Waals surface area contributed by atoms with Crippen LogP contribution in [0.5, 0.6) is 0 Å². The maximum absolute atomic E-state index is 13.9. The molecule has 1 aromatic heterocycles. The van der Waals surface area contributed by atoms with E-state index in [0.717, 1.165) is 11.0 Å². The Hall–Kier alpha value is -2.82. The summed E-state index contributed by atoms with van der Waals surface area (Å²) < 4.78 is 42.5. The van der Waals surface area contributed by atoms with E-state index in [0.29, 0.717) is 19.4 Å².